The first kappa shape index (κ1) is 13.2. The summed E-state index contributed by atoms with van der Waals surface area (Å²) in [6, 6.07) is 4.09. The number of rotatable bonds is 7. The first-order valence-corrected chi connectivity index (χ1v) is 7.69. The smallest absolute Gasteiger partial charge is 0.104 e. The first-order valence-electron chi connectivity index (χ1n) is 7.69. The van der Waals surface area contributed by atoms with Crippen molar-refractivity contribution in [2.24, 2.45) is 11.3 Å². The second kappa shape index (κ2) is 5.68. The molecule has 0 spiro atoms. The van der Waals surface area contributed by atoms with Crippen LogP contribution in [0.2, 0.25) is 0 Å². The summed E-state index contributed by atoms with van der Waals surface area (Å²) < 4.78 is 11.7. The zero-order valence-electron chi connectivity index (χ0n) is 11.9. The minimum atomic E-state index is 0.244. The van der Waals surface area contributed by atoms with Gasteiger partial charge in [-0.1, -0.05) is 6.92 Å². The fraction of sp³-hybridized carbons (Fsp3) is 0.750. The van der Waals surface area contributed by atoms with E-state index in [1.165, 1.54) is 19.3 Å². The highest BCUT2D eigenvalue weighted by Gasteiger charge is 2.50. The molecule has 3 nitrogen and oxygen atoms in total. The van der Waals surface area contributed by atoms with Crippen molar-refractivity contribution < 1.29 is 9.15 Å². The van der Waals surface area contributed by atoms with Crippen molar-refractivity contribution in [3.05, 3.63) is 24.2 Å². The topological polar surface area (TPSA) is 34.4 Å². The van der Waals surface area contributed by atoms with Crippen molar-refractivity contribution in [2.45, 2.75) is 45.1 Å². The number of hydrogen-bond donors (Lipinski definition) is 1. The Hall–Kier alpha value is -0.800. The zero-order valence-corrected chi connectivity index (χ0v) is 11.9. The molecule has 0 aromatic carbocycles. The number of ether oxygens (including phenoxy) is 1. The molecule has 106 valence electrons. The van der Waals surface area contributed by atoms with Crippen molar-refractivity contribution in [2.75, 3.05) is 19.7 Å². The number of furan rings is 1. The predicted octanol–water partition coefficient (Wildman–Crippen LogP) is 3.01. The lowest BCUT2D eigenvalue weighted by atomic mass is 9.75. The Labute approximate surface area is 115 Å². The maximum absolute atomic E-state index is 6.09. The summed E-state index contributed by atoms with van der Waals surface area (Å²) in [6.45, 7) is 5.28. The van der Waals surface area contributed by atoms with Crippen molar-refractivity contribution in [1.29, 1.82) is 0 Å². The molecule has 1 saturated heterocycles. The van der Waals surface area contributed by atoms with E-state index in [4.69, 9.17) is 9.15 Å². The minimum absolute atomic E-state index is 0.244. The van der Waals surface area contributed by atoms with E-state index in [0.29, 0.717) is 6.10 Å². The van der Waals surface area contributed by atoms with Gasteiger partial charge in [0.1, 0.15) is 5.76 Å². The average molecular weight is 263 g/mol. The Morgan fingerprint density at radius 3 is 3.00 bits per heavy atom. The molecule has 3 rings (SSSR count). The van der Waals surface area contributed by atoms with Crippen LogP contribution in [0.5, 0.6) is 0 Å². The van der Waals surface area contributed by atoms with Crippen LogP contribution in [0.25, 0.3) is 0 Å². The highest BCUT2D eigenvalue weighted by molar-refractivity contribution is 5.09. The van der Waals surface area contributed by atoms with Crippen molar-refractivity contribution in [3.8, 4) is 0 Å². The summed E-state index contributed by atoms with van der Waals surface area (Å²) >= 11 is 0. The summed E-state index contributed by atoms with van der Waals surface area (Å²) in [6.07, 6.45) is 8.26. The van der Waals surface area contributed by atoms with Crippen LogP contribution >= 0.6 is 0 Å². The summed E-state index contributed by atoms with van der Waals surface area (Å²) in [5.41, 5.74) is 0.244. The molecule has 2 heterocycles. The lowest BCUT2D eigenvalue weighted by molar-refractivity contribution is 0.0285. The molecule has 1 aliphatic heterocycles. The Bertz CT molecular complexity index is 385. The van der Waals surface area contributed by atoms with E-state index in [1.54, 1.807) is 6.26 Å². The van der Waals surface area contributed by atoms with Crippen LogP contribution in [0.4, 0.5) is 0 Å². The molecule has 0 amide bonds. The molecule has 1 aliphatic carbocycles. The third-order valence-corrected chi connectivity index (χ3v) is 4.56. The summed E-state index contributed by atoms with van der Waals surface area (Å²) in [5.74, 6) is 1.90. The third-order valence-electron chi connectivity index (χ3n) is 4.56. The third kappa shape index (κ3) is 2.87. The molecular weight excluding hydrogens is 238 g/mol. The highest BCUT2D eigenvalue weighted by atomic mass is 16.5. The van der Waals surface area contributed by atoms with Gasteiger partial charge in [-0.3, -0.25) is 0 Å². The van der Waals surface area contributed by atoms with Gasteiger partial charge in [0.05, 0.1) is 12.4 Å². The summed E-state index contributed by atoms with van der Waals surface area (Å²) in [4.78, 5) is 0. The van der Waals surface area contributed by atoms with Gasteiger partial charge in [0, 0.05) is 25.0 Å². The molecule has 2 unspecified atom stereocenters. The van der Waals surface area contributed by atoms with Gasteiger partial charge in [-0.15, -0.1) is 0 Å². The standard InChI is InChI=1S/C16H25NO2/c1-2-8-17-12-16(11-14-4-3-9-18-14)7-10-19-15(16)13-5-6-13/h3-4,9,13,15,17H,2,5-8,10-12H2,1H3. The molecule has 0 radical (unpaired) electrons. The van der Waals surface area contributed by atoms with E-state index in [2.05, 4.69) is 18.3 Å². The largest absolute Gasteiger partial charge is 0.469 e. The van der Waals surface area contributed by atoms with Gasteiger partial charge in [0.15, 0.2) is 0 Å². The maximum Gasteiger partial charge on any atom is 0.104 e. The van der Waals surface area contributed by atoms with Gasteiger partial charge in [0.25, 0.3) is 0 Å². The lowest BCUT2D eigenvalue weighted by Crippen LogP contribution is -2.43. The average Bonchev–Trinajstić information content (AvgIpc) is 2.97. The van der Waals surface area contributed by atoms with Crippen LogP contribution in [0.15, 0.2) is 22.8 Å². The van der Waals surface area contributed by atoms with Crippen LogP contribution in [0, 0.1) is 11.3 Å². The molecule has 2 atom stereocenters. The monoisotopic (exact) mass is 263 g/mol. The van der Waals surface area contributed by atoms with Crippen LogP contribution in [0.1, 0.15) is 38.4 Å². The first-order chi connectivity index (χ1) is 9.34. The molecule has 2 aliphatic rings. The Balaban J connectivity index is 1.73. The van der Waals surface area contributed by atoms with Crippen molar-refractivity contribution >= 4 is 0 Å². The molecule has 1 N–H and O–H groups in total. The quantitative estimate of drug-likeness (QED) is 0.768. The molecule has 0 bridgehead atoms. The van der Waals surface area contributed by atoms with Crippen molar-refractivity contribution in [1.82, 2.24) is 5.32 Å². The molecule has 1 aromatic heterocycles. The molecule has 1 saturated carbocycles. The Kier molecular flexibility index (Phi) is 3.94. The second-order valence-corrected chi connectivity index (χ2v) is 6.17. The van der Waals surface area contributed by atoms with Gasteiger partial charge >= 0.3 is 0 Å². The summed E-state index contributed by atoms with van der Waals surface area (Å²) in [5, 5.41) is 3.62. The lowest BCUT2D eigenvalue weighted by Gasteiger charge is -2.34. The minimum Gasteiger partial charge on any atom is -0.469 e. The van der Waals surface area contributed by atoms with Crippen LogP contribution in [0.3, 0.4) is 0 Å². The SMILES string of the molecule is CCCNCC1(Cc2ccco2)CCOC1C1CC1. The van der Waals surface area contributed by atoms with Gasteiger partial charge in [-0.05, 0) is 50.3 Å². The maximum atomic E-state index is 6.09. The van der Waals surface area contributed by atoms with Gasteiger partial charge in [-0.2, -0.15) is 0 Å². The van der Waals surface area contributed by atoms with Crippen molar-refractivity contribution in [3.63, 3.8) is 0 Å². The zero-order chi connectivity index (χ0) is 13.1. The van der Waals surface area contributed by atoms with E-state index < -0.39 is 0 Å². The van der Waals surface area contributed by atoms with E-state index >= 15 is 0 Å². The molecule has 2 fully saturated rings. The fourth-order valence-electron chi connectivity index (χ4n) is 3.46. The number of nitrogens with one attached hydrogen (secondary N) is 1. The molecule has 3 heteroatoms. The summed E-state index contributed by atoms with van der Waals surface area (Å²) in [7, 11) is 0. The van der Waals surface area contributed by atoms with E-state index in [0.717, 1.165) is 44.2 Å². The fourth-order valence-corrected chi connectivity index (χ4v) is 3.46. The molecule has 1 aromatic rings. The van der Waals surface area contributed by atoms with Crippen LogP contribution < -0.4 is 5.32 Å². The van der Waals surface area contributed by atoms with Gasteiger partial charge in [-0.25, -0.2) is 0 Å². The highest BCUT2D eigenvalue weighted by Crippen LogP contribution is 2.49. The Morgan fingerprint density at radius 1 is 1.42 bits per heavy atom. The van der Waals surface area contributed by atoms with E-state index in [9.17, 15) is 0 Å². The Morgan fingerprint density at radius 2 is 2.32 bits per heavy atom. The van der Waals surface area contributed by atoms with E-state index in [1.807, 2.05) is 6.07 Å². The van der Waals surface area contributed by atoms with E-state index in [-0.39, 0.29) is 5.41 Å². The van der Waals surface area contributed by atoms with Crippen LogP contribution in [-0.4, -0.2) is 25.8 Å². The molecular formula is C16H25NO2. The normalized spacial score (nSPS) is 30.9. The van der Waals surface area contributed by atoms with Gasteiger partial charge in [0.2, 0.25) is 0 Å². The predicted molar refractivity (Wildman–Crippen MR) is 75.1 cm³/mol. The van der Waals surface area contributed by atoms with Crippen LogP contribution in [-0.2, 0) is 11.2 Å². The molecule has 19 heavy (non-hydrogen) atoms. The van der Waals surface area contributed by atoms with Gasteiger partial charge < -0.3 is 14.5 Å². The number of hydrogen-bond acceptors (Lipinski definition) is 3. The second-order valence-electron chi connectivity index (χ2n) is 6.17.